The standard InChI is InChI=1S/C27H19ClF3NO2/c1-25-15-7-3-5-9-17(15)26(2,18-10-6-4-8-16(18)25)22-21(25)23(33)32(24(22)34)14-11-12-20(28)19(13-14)27(29,30)31/h3-13,21-22H,1-2H3/t21-,22-,25?,26?/m0/s1. The van der Waals surface area contributed by atoms with Crippen molar-refractivity contribution in [2.45, 2.75) is 30.9 Å². The average molecular weight is 482 g/mol. The number of carbonyl (C=O) groups is 2. The minimum Gasteiger partial charge on any atom is -0.274 e. The molecule has 1 saturated heterocycles. The third-order valence-electron chi connectivity index (χ3n) is 8.16. The van der Waals surface area contributed by atoms with Gasteiger partial charge in [-0.25, -0.2) is 4.90 Å². The molecule has 2 atom stereocenters. The van der Waals surface area contributed by atoms with Crippen molar-refractivity contribution in [2.24, 2.45) is 11.8 Å². The highest BCUT2D eigenvalue weighted by Gasteiger charge is 2.70. The predicted molar refractivity (Wildman–Crippen MR) is 122 cm³/mol. The molecule has 3 aromatic rings. The number of hydrogen-bond donors (Lipinski definition) is 0. The van der Waals surface area contributed by atoms with E-state index >= 15 is 0 Å². The van der Waals surface area contributed by atoms with E-state index in [2.05, 4.69) is 0 Å². The van der Waals surface area contributed by atoms with Crippen molar-refractivity contribution < 1.29 is 22.8 Å². The molecule has 1 aliphatic heterocycles. The summed E-state index contributed by atoms with van der Waals surface area (Å²) >= 11 is 5.80. The van der Waals surface area contributed by atoms with Crippen molar-refractivity contribution in [3.63, 3.8) is 0 Å². The molecule has 3 nitrogen and oxygen atoms in total. The molecule has 0 radical (unpaired) electrons. The van der Waals surface area contributed by atoms with E-state index in [9.17, 15) is 22.8 Å². The van der Waals surface area contributed by atoms with Crippen LogP contribution in [0.4, 0.5) is 18.9 Å². The lowest BCUT2D eigenvalue weighted by Crippen LogP contribution is -2.59. The zero-order valence-electron chi connectivity index (χ0n) is 18.3. The molecule has 7 heteroatoms. The number of imide groups is 1. The van der Waals surface area contributed by atoms with Crippen LogP contribution in [0, 0.1) is 11.8 Å². The molecule has 0 spiro atoms. The topological polar surface area (TPSA) is 37.4 Å². The molecule has 2 amide bonds. The van der Waals surface area contributed by atoms with E-state index in [-0.39, 0.29) is 5.69 Å². The third kappa shape index (κ3) is 2.34. The molecule has 1 fully saturated rings. The van der Waals surface area contributed by atoms with Gasteiger partial charge >= 0.3 is 6.18 Å². The van der Waals surface area contributed by atoms with Crippen LogP contribution in [0.25, 0.3) is 0 Å². The van der Waals surface area contributed by atoms with E-state index < -0.39 is 51.2 Å². The quantitative estimate of drug-likeness (QED) is 0.394. The van der Waals surface area contributed by atoms with Crippen LogP contribution >= 0.6 is 11.6 Å². The molecule has 3 aliphatic carbocycles. The summed E-state index contributed by atoms with van der Waals surface area (Å²) in [4.78, 5) is 28.8. The Balaban J connectivity index is 1.60. The number of anilines is 1. The van der Waals surface area contributed by atoms with Gasteiger partial charge in [-0.3, -0.25) is 9.59 Å². The predicted octanol–water partition coefficient (Wildman–Crippen LogP) is 6.10. The molecule has 7 rings (SSSR count). The Morgan fingerprint density at radius 2 is 1.18 bits per heavy atom. The smallest absolute Gasteiger partial charge is 0.274 e. The summed E-state index contributed by atoms with van der Waals surface area (Å²) in [6.45, 7) is 3.94. The van der Waals surface area contributed by atoms with Gasteiger partial charge in [0.2, 0.25) is 11.8 Å². The number of alkyl halides is 3. The van der Waals surface area contributed by atoms with Gasteiger partial charge in [0.15, 0.2) is 0 Å². The molecule has 1 heterocycles. The maximum absolute atomic E-state index is 13.9. The first-order valence-corrected chi connectivity index (χ1v) is 11.3. The second-order valence-electron chi connectivity index (χ2n) is 9.63. The van der Waals surface area contributed by atoms with Gasteiger partial charge in [0.05, 0.1) is 28.1 Å². The van der Waals surface area contributed by atoms with E-state index in [1.807, 2.05) is 62.4 Å². The van der Waals surface area contributed by atoms with Crippen molar-refractivity contribution in [3.8, 4) is 0 Å². The minimum atomic E-state index is -4.71. The largest absolute Gasteiger partial charge is 0.417 e. The van der Waals surface area contributed by atoms with E-state index in [1.165, 1.54) is 6.07 Å². The number of hydrogen-bond acceptors (Lipinski definition) is 2. The molecule has 4 aliphatic rings. The maximum Gasteiger partial charge on any atom is 0.417 e. The molecular formula is C27H19ClF3NO2. The lowest BCUT2D eigenvalue weighted by molar-refractivity contribution is -0.137. The molecule has 2 bridgehead atoms. The number of benzene rings is 3. The van der Waals surface area contributed by atoms with Gasteiger partial charge in [-0.1, -0.05) is 74.0 Å². The highest BCUT2D eigenvalue weighted by Crippen LogP contribution is 2.66. The van der Waals surface area contributed by atoms with Gasteiger partial charge < -0.3 is 0 Å². The van der Waals surface area contributed by atoms with Crippen molar-refractivity contribution in [2.75, 3.05) is 4.90 Å². The maximum atomic E-state index is 13.9. The zero-order chi connectivity index (χ0) is 24.2. The van der Waals surface area contributed by atoms with Crippen LogP contribution in [-0.4, -0.2) is 11.8 Å². The Hall–Kier alpha value is -3.12. The van der Waals surface area contributed by atoms with Crippen molar-refractivity contribution in [1.82, 2.24) is 0 Å². The van der Waals surface area contributed by atoms with Crippen LogP contribution in [-0.2, 0) is 26.6 Å². The van der Waals surface area contributed by atoms with Crippen LogP contribution in [0.3, 0.4) is 0 Å². The van der Waals surface area contributed by atoms with Gasteiger partial charge in [-0.2, -0.15) is 13.2 Å². The number of nitrogens with zero attached hydrogens (tertiary/aromatic N) is 1. The second kappa shape index (κ2) is 6.51. The van der Waals surface area contributed by atoms with Crippen LogP contribution in [0.1, 0.15) is 41.7 Å². The molecule has 0 N–H and O–H groups in total. The number of halogens is 4. The number of rotatable bonds is 1. The van der Waals surface area contributed by atoms with Crippen LogP contribution in [0.5, 0.6) is 0 Å². The molecule has 34 heavy (non-hydrogen) atoms. The third-order valence-corrected chi connectivity index (χ3v) is 8.49. The van der Waals surface area contributed by atoms with Gasteiger partial charge in [0.25, 0.3) is 0 Å². The Morgan fingerprint density at radius 1 is 0.765 bits per heavy atom. The Kier molecular flexibility index (Phi) is 4.10. The van der Waals surface area contributed by atoms with Gasteiger partial charge in [0.1, 0.15) is 0 Å². The number of amides is 2. The minimum absolute atomic E-state index is 0.110. The fraction of sp³-hybridized carbons (Fsp3) is 0.259. The SMILES string of the molecule is CC12c3ccccc3C(C)(c3ccccc31)[C@@H]1C(=O)N(c3ccc(Cl)c(C(F)(F)F)c3)C(=O)[C@H]12. The van der Waals surface area contributed by atoms with Crippen molar-refractivity contribution in [3.05, 3.63) is 99.6 Å². The van der Waals surface area contributed by atoms with Crippen molar-refractivity contribution >= 4 is 29.1 Å². The summed E-state index contributed by atoms with van der Waals surface area (Å²) in [5.41, 5.74) is 1.14. The van der Waals surface area contributed by atoms with E-state index in [0.29, 0.717) is 0 Å². The van der Waals surface area contributed by atoms with E-state index in [1.54, 1.807) is 0 Å². The summed E-state index contributed by atoms with van der Waals surface area (Å²) in [6, 6.07) is 18.8. The Bertz CT molecular complexity index is 1290. The van der Waals surface area contributed by atoms with Crippen molar-refractivity contribution in [1.29, 1.82) is 0 Å². The summed E-state index contributed by atoms with van der Waals surface area (Å²) in [5.74, 6) is -2.44. The fourth-order valence-corrected chi connectivity index (χ4v) is 6.92. The Labute approximate surface area is 199 Å². The fourth-order valence-electron chi connectivity index (χ4n) is 6.69. The van der Waals surface area contributed by atoms with Crippen LogP contribution in [0.15, 0.2) is 66.7 Å². The van der Waals surface area contributed by atoms with Gasteiger partial charge in [-0.15, -0.1) is 0 Å². The second-order valence-corrected chi connectivity index (χ2v) is 10.0. The summed E-state index contributed by atoms with van der Waals surface area (Å²) in [6.07, 6.45) is -4.71. The van der Waals surface area contributed by atoms with Crippen LogP contribution < -0.4 is 4.90 Å². The first-order valence-electron chi connectivity index (χ1n) is 11.0. The summed E-state index contributed by atoms with van der Waals surface area (Å²) in [7, 11) is 0. The highest BCUT2D eigenvalue weighted by atomic mass is 35.5. The first kappa shape index (κ1) is 21.4. The van der Waals surface area contributed by atoms with E-state index in [0.717, 1.165) is 39.3 Å². The van der Waals surface area contributed by atoms with Gasteiger partial charge in [-0.05, 0) is 40.5 Å². The average Bonchev–Trinajstić information content (AvgIpc) is 3.08. The summed E-state index contributed by atoms with van der Waals surface area (Å²) in [5, 5.41) is -0.480. The molecule has 0 unspecified atom stereocenters. The molecule has 0 aromatic heterocycles. The molecule has 3 aromatic carbocycles. The normalized spacial score (nSPS) is 29.2. The number of carbonyl (C=O) groups excluding carboxylic acids is 2. The van der Waals surface area contributed by atoms with Crippen LogP contribution in [0.2, 0.25) is 5.02 Å². The van der Waals surface area contributed by atoms with Gasteiger partial charge in [0, 0.05) is 10.8 Å². The molecule has 172 valence electrons. The first-order chi connectivity index (χ1) is 16.0. The van der Waals surface area contributed by atoms with E-state index in [4.69, 9.17) is 11.6 Å². The summed E-state index contributed by atoms with van der Waals surface area (Å²) < 4.78 is 40.6. The highest BCUT2D eigenvalue weighted by molar-refractivity contribution is 6.32. The monoisotopic (exact) mass is 481 g/mol. The molecular weight excluding hydrogens is 463 g/mol. The Morgan fingerprint density at radius 3 is 1.56 bits per heavy atom. The molecule has 0 saturated carbocycles. The zero-order valence-corrected chi connectivity index (χ0v) is 19.0. The lowest BCUT2D eigenvalue weighted by Gasteiger charge is -2.57. The lowest BCUT2D eigenvalue weighted by atomic mass is 9.42.